The average molecular weight is 375 g/mol. The van der Waals surface area contributed by atoms with Gasteiger partial charge in [0, 0.05) is 12.5 Å². The molecule has 0 bridgehead atoms. The van der Waals surface area contributed by atoms with Gasteiger partial charge in [0.05, 0.1) is 13.7 Å². The molecule has 0 aliphatic rings. The number of nitrogens with zero attached hydrogens (tertiary/aromatic N) is 1. The maximum Gasteiger partial charge on any atom is 0.330 e. The number of hydrogen-bond acceptors (Lipinski definition) is 6. The summed E-state index contributed by atoms with van der Waals surface area (Å²) in [5.41, 5.74) is 0.637. The number of esters is 1. The van der Waals surface area contributed by atoms with Gasteiger partial charge in [0.2, 0.25) is 0 Å². The largest absolute Gasteiger partial charge is 0.504 e. The zero-order valence-corrected chi connectivity index (χ0v) is 16.4. The molecule has 1 N–H and O–H groups in total. The normalized spacial score (nSPS) is 9.85. The number of phenolic OH excluding ortho intramolecular Hbond substituents is 1. The average Bonchev–Trinajstić information content (AvgIpc) is 2.67. The standard InChI is InChI=1S/C13H13NO4.C8H16O/c1-3-18-12(16)7-5-9-4-6-11(15)13(17-2)10(9)8-14;1-2-3-4-5-6-7-8-9/h4-7,15H,3H2,1-2H3;8H,2-7H2,1H3. The van der Waals surface area contributed by atoms with E-state index in [0.29, 0.717) is 5.56 Å². The lowest BCUT2D eigenvalue weighted by molar-refractivity contribution is -0.137. The summed E-state index contributed by atoms with van der Waals surface area (Å²) < 4.78 is 9.67. The van der Waals surface area contributed by atoms with Gasteiger partial charge in [0.15, 0.2) is 11.5 Å². The Morgan fingerprint density at radius 1 is 1.22 bits per heavy atom. The Labute approximate surface area is 161 Å². The first-order valence-electron chi connectivity index (χ1n) is 9.14. The molecule has 1 rings (SSSR count). The van der Waals surface area contributed by atoms with Crippen LogP contribution in [0.5, 0.6) is 11.5 Å². The maximum absolute atomic E-state index is 11.2. The van der Waals surface area contributed by atoms with Gasteiger partial charge in [-0.05, 0) is 37.1 Å². The predicted octanol–water partition coefficient (Wildman–Crippen LogP) is 4.39. The summed E-state index contributed by atoms with van der Waals surface area (Å²) in [6.07, 6.45) is 10.6. The molecule has 0 saturated heterocycles. The summed E-state index contributed by atoms with van der Waals surface area (Å²) in [4.78, 5) is 21.0. The van der Waals surface area contributed by atoms with Gasteiger partial charge >= 0.3 is 5.97 Å². The number of aromatic hydroxyl groups is 1. The fraction of sp³-hybridized carbons (Fsp3) is 0.476. The second-order valence-corrected chi connectivity index (χ2v) is 5.65. The summed E-state index contributed by atoms with van der Waals surface area (Å²) in [5, 5.41) is 18.5. The van der Waals surface area contributed by atoms with Crippen LogP contribution in [-0.2, 0) is 14.3 Å². The Morgan fingerprint density at radius 2 is 1.93 bits per heavy atom. The molecular formula is C21H29NO5. The summed E-state index contributed by atoms with van der Waals surface area (Å²) in [6.45, 7) is 4.18. The highest BCUT2D eigenvalue weighted by atomic mass is 16.5. The Bertz CT molecular complexity index is 647. The molecule has 0 unspecified atom stereocenters. The van der Waals surface area contributed by atoms with Gasteiger partial charge in [-0.25, -0.2) is 4.79 Å². The minimum Gasteiger partial charge on any atom is -0.504 e. The van der Waals surface area contributed by atoms with Crippen molar-refractivity contribution in [1.82, 2.24) is 0 Å². The third-order valence-corrected chi connectivity index (χ3v) is 3.60. The number of hydrogen-bond donors (Lipinski definition) is 1. The highest BCUT2D eigenvalue weighted by Crippen LogP contribution is 2.32. The van der Waals surface area contributed by atoms with E-state index >= 15 is 0 Å². The molecule has 0 aromatic heterocycles. The van der Waals surface area contributed by atoms with Crippen molar-refractivity contribution in [3.8, 4) is 17.6 Å². The first kappa shape index (κ1) is 24.2. The van der Waals surface area contributed by atoms with Gasteiger partial charge in [-0.15, -0.1) is 0 Å². The SMILES string of the molecule is CCCCCCCC=O.CCOC(=O)C=Cc1ccc(O)c(OC)c1C#N. The van der Waals surface area contributed by atoms with Crippen molar-refractivity contribution in [3.63, 3.8) is 0 Å². The summed E-state index contributed by atoms with van der Waals surface area (Å²) in [6, 6.07) is 4.84. The lowest BCUT2D eigenvalue weighted by Gasteiger charge is -2.07. The van der Waals surface area contributed by atoms with Crippen molar-refractivity contribution in [2.24, 2.45) is 0 Å². The number of rotatable bonds is 10. The molecule has 1 aromatic carbocycles. The second kappa shape index (κ2) is 15.4. The van der Waals surface area contributed by atoms with Crippen LogP contribution < -0.4 is 4.74 Å². The molecule has 0 aliphatic carbocycles. The quantitative estimate of drug-likeness (QED) is 0.282. The Morgan fingerprint density at radius 3 is 2.48 bits per heavy atom. The van der Waals surface area contributed by atoms with E-state index in [0.717, 1.165) is 19.1 Å². The van der Waals surface area contributed by atoms with Crippen molar-refractivity contribution >= 4 is 18.3 Å². The van der Waals surface area contributed by atoms with Crippen LogP contribution in [0.1, 0.15) is 63.5 Å². The molecule has 6 heteroatoms. The fourth-order valence-electron chi connectivity index (χ4n) is 2.23. The van der Waals surface area contributed by atoms with Gasteiger partial charge in [0.1, 0.15) is 17.9 Å². The maximum atomic E-state index is 11.2. The van der Waals surface area contributed by atoms with Gasteiger partial charge in [-0.3, -0.25) is 0 Å². The Hall–Kier alpha value is -2.81. The first-order valence-corrected chi connectivity index (χ1v) is 9.14. The highest BCUT2D eigenvalue weighted by Gasteiger charge is 2.12. The van der Waals surface area contributed by atoms with E-state index in [2.05, 4.69) is 6.92 Å². The lowest BCUT2D eigenvalue weighted by atomic mass is 10.1. The van der Waals surface area contributed by atoms with Crippen LogP contribution in [0, 0.1) is 11.3 Å². The van der Waals surface area contributed by atoms with Crippen LogP contribution in [-0.4, -0.2) is 31.1 Å². The second-order valence-electron chi connectivity index (χ2n) is 5.65. The third kappa shape index (κ3) is 10.0. The van der Waals surface area contributed by atoms with E-state index in [9.17, 15) is 14.7 Å². The third-order valence-electron chi connectivity index (χ3n) is 3.60. The van der Waals surface area contributed by atoms with Crippen LogP contribution in [0.3, 0.4) is 0 Å². The van der Waals surface area contributed by atoms with E-state index in [1.54, 1.807) is 6.92 Å². The number of methoxy groups -OCH3 is 1. The molecule has 0 saturated carbocycles. The molecule has 0 amide bonds. The summed E-state index contributed by atoms with van der Waals surface area (Å²) >= 11 is 0. The molecule has 0 spiro atoms. The molecule has 0 atom stereocenters. The number of phenols is 1. The van der Waals surface area contributed by atoms with E-state index in [1.165, 1.54) is 57.1 Å². The van der Waals surface area contributed by atoms with Crippen LogP contribution in [0.15, 0.2) is 18.2 Å². The number of aldehydes is 1. The van der Waals surface area contributed by atoms with Crippen molar-refractivity contribution in [2.75, 3.05) is 13.7 Å². The fourth-order valence-corrected chi connectivity index (χ4v) is 2.23. The van der Waals surface area contributed by atoms with Crippen LogP contribution >= 0.6 is 0 Å². The zero-order chi connectivity index (χ0) is 20.5. The number of carbonyl (C=O) groups is 2. The van der Waals surface area contributed by atoms with E-state index in [1.807, 2.05) is 6.07 Å². The van der Waals surface area contributed by atoms with Gasteiger partial charge in [-0.1, -0.05) is 32.6 Å². The Kier molecular flexibility index (Phi) is 13.8. The summed E-state index contributed by atoms with van der Waals surface area (Å²) in [7, 11) is 1.36. The molecule has 0 fully saturated rings. The van der Waals surface area contributed by atoms with Crippen LogP contribution in [0.25, 0.3) is 6.08 Å². The number of ether oxygens (including phenoxy) is 2. The predicted molar refractivity (Wildman–Crippen MR) is 104 cm³/mol. The van der Waals surface area contributed by atoms with E-state index in [-0.39, 0.29) is 23.7 Å². The Balaban J connectivity index is 0.000000636. The van der Waals surface area contributed by atoms with Gasteiger partial charge in [0.25, 0.3) is 0 Å². The topological polar surface area (TPSA) is 96.6 Å². The zero-order valence-electron chi connectivity index (χ0n) is 16.4. The smallest absolute Gasteiger partial charge is 0.330 e. The molecule has 1 aromatic rings. The van der Waals surface area contributed by atoms with Gasteiger partial charge in [-0.2, -0.15) is 5.26 Å². The van der Waals surface area contributed by atoms with Crippen molar-refractivity contribution in [2.45, 2.75) is 52.4 Å². The van der Waals surface area contributed by atoms with E-state index in [4.69, 9.17) is 14.7 Å². The first-order chi connectivity index (χ1) is 13.0. The van der Waals surface area contributed by atoms with Gasteiger partial charge < -0.3 is 19.4 Å². The monoisotopic (exact) mass is 375 g/mol. The minimum absolute atomic E-state index is 0.0866. The summed E-state index contributed by atoms with van der Waals surface area (Å²) in [5.74, 6) is -0.528. The molecule has 148 valence electrons. The number of unbranched alkanes of at least 4 members (excludes halogenated alkanes) is 5. The van der Waals surface area contributed by atoms with Crippen molar-refractivity contribution in [3.05, 3.63) is 29.3 Å². The highest BCUT2D eigenvalue weighted by molar-refractivity contribution is 5.88. The van der Waals surface area contributed by atoms with Crippen molar-refractivity contribution in [1.29, 1.82) is 5.26 Å². The minimum atomic E-state index is -0.492. The van der Waals surface area contributed by atoms with Crippen molar-refractivity contribution < 1.29 is 24.2 Å². The van der Waals surface area contributed by atoms with Crippen LogP contribution in [0.4, 0.5) is 0 Å². The van der Waals surface area contributed by atoms with Crippen LogP contribution in [0.2, 0.25) is 0 Å². The molecular weight excluding hydrogens is 346 g/mol. The molecule has 27 heavy (non-hydrogen) atoms. The molecule has 0 heterocycles. The molecule has 0 aliphatic heterocycles. The number of nitriles is 1. The number of carbonyl (C=O) groups excluding carboxylic acids is 2. The molecule has 0 radical (unpaired) electrons. The number of benzene rings is 1. The lowest BCUT2D eigenvalue weighted by Crippen LogP contribution is -1.99. The molecule has 6 nitrogen and oxygen atoms in total. The van der Waals surface area contributed by atoms with E-state index < -0.39 is 5.97 Å².